The van der Waals surface area contributed by atoms with Crippen LogP contribution in [0.1, 0.15) is 15.9 Å². The zero-order valence-electron chi connectivity index (χ0n) is 16.9. The van der Waals surface area contributed by atoms with Gasteiger partial charge in [-0.25, -0.2) is 5.43 Å². The Labute approximate surface area is 174 Å². The van der Waals surface area contributed by atoms with E-state index < -0.39 is 5.91 Å². The Morgan fingerprint density at radius 2 is 1.50 bits per heavy atom. The predicted octanol–water partition coefficient (Wildman–Crippen LogP) is 4.27. The van der Waals surface area contributed by atoms with E-state index in [-0.39, 0.29) is 0 Å². The average molecular weight is 406 g/mol. The average Bonchev–Trinajstić information content (AvgIpc) is 2.78. The van der Waals surface area contributed by atoms with Crippen LogP contribution in [0.15, 0.2) is 71.8 Å². The number of rotatable bonds is 8. The standard InChI is InChI=1S/C23H22N2O5/c1-27-20-13-17(14-21(28-2)22(20)29-3)23(26)25-24-15-16-8-7-11-19(12-16)30-18-9-5-4-6-10-18/h4-15H,1-3H3,(H,25,26). The molecule has 0 spiro atoms. The SMILES string of the molecule is COc1cc(C(=O)NN=Cc2cccc(Oc3ccccc3)c2)cc(OC)c1OC. The molecule has 7 heteroatoms. The molecule has 0 atom stereocenters. The zero-order chi connectivity index (χ0) is 21.3. The Balaban J connectivity index is 1.69. The van der Waals surface area contributed by atoms with Gasteiger partial charge in [0, 0.05) is 5.56 Å². The van der Waals surface area contributed by atoms with Crippen molar-refractivity contribution >= 4 is 12.1 Å². The minimum atomic E-state index is -0.415. The summed E-state index contributed by atoms with van der Waals surface area (Å²) in [4.78, 5) is 12.5. The molecule has 154 valence electrons. The molecule has 0 fully saturated rings. The van der Waals surface area contributed by atoms with Crippen molar-refractivity contribution in [1.82, 2.24) is 5.43 Å². The van der Waals surface area contributed by atoms with Gasteiger partial charge in [-0.1, -0.05) is 30.3 Å². The van der Waals surface area contributed by atoms with Crippen LogP contribution in [-0.4, -0.2) is 33.5 Å². The van der Waals surface area contributed by atoms with Crippen molar-refractivity contribution in [2.24, 2.45) is 5.10 Å². The molecule has 0 radical (unpaired) electrons. The summed E-state index contributed by atoms with van der Waals surface area (Å²) < 4.78 is 21.6. The largest absolute Gasteiger partial charge is 0.493 e. The fourth-order valence-electron chi connectivity index (χ4n) is 2.73. The molecule has 0 aliphatic carbocycles. The smallest absolute Gasteiger partial charge is 0.271 e. The molecule has 1 amide bonds. The molecule has 30 heavy (non-hydrogen) atoms. The van der Waals surface area contributed by atoms with E-state index in [1.807, 2.05) is 54.6 Å². The molecule has 7 nitrogen and oxygen atoms in total. The van der Waals surface area contributed by atoms with Gasteiger partial charge in [-0.05, 0) is 42.0 Å². The van der Waals surface area contributed by atoms with Crippen molar-refractivity contribution in [2.45, 2.75) is 0 Å². The first kappa shape index (κ1) is 20.7. The monoisotopic (exact) mass is 406 g/mol. The highest BCUT2D eigenvalue weighted by Gasteiger charge is 2.16. The summed E-state index contributed by atoms with van der Waals surface area (Å²) in [6.45, 7) is 0. The number of para-hydroxylation sites is 1. The highest BCUT2D eigenvalue weighted by molar-refractivity contribution is 5.96. The first-order chi connectivity index (χ1) is 14.6. The number of hydrogen-bond acceptors (Lipinski definition) is 6. The number of nitrogens with zero attached hydrogens (tertiary/aromatic N) is 1. The highest BCUT2D eigenvalue weighted by atomic mass is 16.5. The van der Waals surface area contributed by atoms with Crippen molar-refractivity contribution in [3.8, 4) is 28.7 Å². The second-order valence-corrected chi connectivity index (χ2v) is 6.10. The lowest BCUT2D eigenvalue weighted by molar-refractivity contribution is 0.0954. The van der Waals surface area contributed by atoms with Crippen LogP contribution in [0.2, 0.25) is 0 Å². The molecule has 3 aromatic rings. The third kappa shape index (κ3) is 5.08. The molecule has 0 aliphatic heterocycles. The number of carbonyl (C=O) groups excluding carboxylic acids is 1. The van der Waals surface area contributed by atoms with Crippen LogP contribution in [0, 0.1) is 0 Å². The molecule has 3 aromatic carbocycles. The van der Waals surface area contributed by atoms with E-state index in [1.165, 1.54) is 27.5 Å². The first-order valence-corrected chi connectivity index (χ1v) is 9.11. The van der Waals surface area contributed by atoms with Crippen LogP contribution in [0.3, 0.4) is 0 Å². The quantitative estimate of drug-likeness (QED) is 0.447. The Morgan fingerprint density at radius 3 is 2.13 bits per heavy atom. The van der Waals surface area contributed by atoms with Gasteiger partial charge in [-0.15, -0.1) is 0 Å². The Morgan fingerprint density at radius 1 is 0.833 bits per heavy atom. The Bertz CT molecular complexity index is 1010. The fraction of sp³-hybridized carbons (Fsp3) is 0.130. The molecule has 0 unspecified atom stereocenters. The maximum Gasteiger partial charge on any atom is 0.271 e. The van der Waals surface area contributed by atoms with E-state index in [9.17, 15) is 4.79 Å². The van der Waals surface area contributed by atoms with Crippen LogP contribution < -0.4 is 24.4 Å². The van der Waals surface area contributed by atoms with Gasteiger partial charge in [-0.3, -0.25) is 4.79 Å². The summed E-state index contributed by atoms with van der Waals surface area (Å²) in [5, 5.41) is 4.03. The van der Waals surface area contributed by atoms with Crippen LogP contribution in [0.5, 0.6) is 28.7 Å². The predicted molar refractivity (Wildman–Crippen MR) is 114 cm³/mol. The van der Waals surface area contributed by atoms with Gasteiger partial charge in [0.2, 0.25) is 5.75 Å². The molecule has 0 saturated carbocycles. The molecular weight excluding hydrogens is 384 g/mol. The topological polar surface area (TPSA) is 78.4 Å². The van der Waals surface area contributed by atoms with Crippen LogP contribution in [-0.2, 0) is 0 Å². The van der Waals surface area contributed by atoms with Gasteiger partial charge in [0.15, 0.2) is 11.5 Å². The summed E-state index contributed by atoms with van der Waals surface area (Å²) in [7, 11) is 4.48. The Kier molecular flexibility index (Phi) is 6.89. The number of hydrogen-bond donors (Lipinski definition) is 1. The van der Waals surface area contributed by atoms with Gasteiger partial charge < -0.3 is 18.9 Å². The summed E-state index contributed by atoms with van der Waals surface area (Å²) in [6, 6.07) is 20.0. The summed E-state index contributed by atoms with van der Waals surface area (Å²) in [5.41, 5.74) is 3.59. The molecule has 0 heterocycles. The number of benzene rings is 3. The highest BCUT2D eigenvalue weighted by Crippen LogP contribution is 2.38. The van der Waals surface area contributed by atoms with Crippen LogP contribution in [0.4, 0.5) is 0 Å². The molecule has 0 bridgehead atoms. The van der Waals surface area contributed by atoms with Crippen molar-refractivity contribution in [2.75, 3.05) is 21.3 Å². The summed E-state index contributed by atoms with van der Waals surface area (Å²) in [5.74, 6) is 2.18. The number of methoxy groups -OCH3 is 3. The number of amides is 1. The van der Waals surface area contributed by atoms with Crippen molar-refractivity contribution in [3.63, 3.8) is 0 Å². The van der Waals surface area contributed by atoms with Gasteiger partial charge in [0.1, 0.15) is 11.5 Å². The van der Waals surface area contributed by atoms with Crippen LogP contribution >= 0.6 is 0 Å². The number of hydrazone groups is 1. The van der Waals surface area contributed by atoms with Gasteiger partial charge in [0.05, 0.1) is 27.5 Å². The van der Waals surface area contributed by atoms with Gasteiger partial charge >= 0.3 is 0 Å². The molecule has 3 rings (SSSR count). The Hall–Kier alpha value is -4.00. The maximum absolute atomic E-state index is 12.5. The van der Waals surface area contributed by atoms with Crippen LogP contribution in [0.25, 0.3) is 0 Å². The van der Waals surface area contributed by atoms with Gasteiger partial charge in [0.25, 0.3) is 5.91 Å². The summed E-state index contributed by atoms with van der Waals surface area (Å²) in [6.07, 6.45) is 1.54. The fourth-order valence-corrected chi connectivity index (χ4v) is 2.73. The van der Waals surface area contributed by atoms with E-state index in [0.717, 1.165) is 11.3 Å². The van der Waals surface area contributed by atoms with E-state index in [0.29, 0.717) is 28.6 Å². The zero-order valence-corrected chi connectivity index (χ0v) is 16.9. The van der Waals surface area contributed by atoms with Crippen molar-refractivity contribution in [1.29, 1.82) is 0 Å². The number of carbonyl (C=O) groups is 1. The molecule has 0 saturated heterocycles. The normalized spacial score (nSPS) is 10.5. The minimum absolute atomic E-state index is 0.322. The number of ether oxygens (including phenoxy) is 4. The molecule has 1 N–H and O–H groups in total. The molecular formula is C23H22N2O5. The first-order valence-electron chi connectivity index (χ1n) is 9.11. The summed E-state index contributed by atoms with van der Waals surface area (Å²) >= 11 is 0. The molecule has 0 aromatic heterocycles. The van der Waals surface area contributed by atoms with Crippen molar-refractivity contribution < 1.29 is 23.7 Å². The van der Waals surface area contributed by atoms with E-state index in [4.69, 9.17) is 18.9 Å². The van der Waals surface area contributed by atoms with E-state index >= 15 is 0 Å². The number of nitrogens with one attached hydrogen (secondary N) is 1. The van der Waals surface area contributed by atoms with Gasteiger partial charge in [-0.2, -0.15) is 5.10 Å². The third-order valence-electron chi connectivity index (χ3n) is 4.14. The van der Waals surface area contributed by atoms with E-state index in [1.54, 1.807) is 12.1 Å². The third-order valence-corrected chi connectivity index (χ3v) is 4.14. The van der Waals surface area contributed by atoms with E-state index in [2.05, 4.69) is 10.5 Å². The van der Waals surface area contributed by atoms with Crippen molar-refractivity contribution in [3.05, 3.63) is 77.9 Å². The lowest BCUT2D eigenvalue weighted by Gasteiger charge is -2.13. The maximum atomic E-state index is 12.5. The lowest BCUT2D eigenvalue weighted by atomic mass is 10.1. The molecule has 0 aliphatic rings. The lowest BCUT2D eigenvalue weighted by Crippen LogP contribution is -2.18. The second kappa shape index (κ2) is 9.97. The minimum Gasteiger partial charge on any atom is -0.493 e. The second-order valence-electron chi connectivity index (χ2n) is 6.10.